The van der Waals surface area contributed by atoms with Crippen LogP contribution in [-0.2, 0) is 6.42 Å². The first-order chi connectivity index (χ1) is 11.8. The Balaban J connectivity index is 1.37. The first-order valence-electron chi connectivity index (χ1n) is 8.17. The second kappa shape index (κ2) is 8.24. The van der Waals surface area contributed by atoms with E-state index in [0.29, 0.717) is 25.6 Å². The highest BCUT2D eigenvalue weighted by Crippen LogP contribution is 2.15. The molecule has 0 saturated carbocycles. The van der Waals surface area contributed by atoms with E-state index >= 15 is 0 Å². The van der Waals surface area contributed by atoms with E-state index in [9.17, 15) is 4.79 Å². The molecule has 7 nitrogen and oxygen atoms in total. The van der Waals surface area contributed by atoms with Crippen molar-refractivity contribution in [3.05, 3.63) is 48.5 Å². The molecule has 0 radical (unpaired) electrons. The maximum atomic E-state index is 12.2. The van der Waals surface area contributed by atoms with Crippen molar-refractivity contribution in [3.63, 3.8) is 0 Å². The van der Waals surface area contributed by atoms with Crippen molar-refractivity contribution in [1.29, 1.82) is 0 Å². The molecule has 126 valence electrons. The molecule has 1 fully saturated rings. The third-order valence-corrected chi connectivity index (χ3v) is 3.93. The van der Waals surface area contributed by atoms with Crippen LogP contribution in [-0.4, -0.2) is 51.6 Å². The molecule has 0 bridgehead atoms. The van der Waals surface area contributed by atoms with Gasteiger partial charge in [0.05, 0.1) is 0 Å². The fourth-order valence-corrected chi connectivity index (χ4v) is 2.63. The average molecular weight is 327 g/mol. The molecular formula is C17H21N5O2. The smallest absolute Gasteiger partial charge is 0.317 e. The molecule has 2 aromatic heterocycles. The number of hydrogen-bond donors (Lipinski definition) is 1. The summed E-state index contributed by atoms with van der Waals surface area (Å²) in [5.74, 6) is 0. The summed E-state index contributed by atoms with van der Waals surface area (Å²) in [6.45, 7) is 1.93. The minimum absolute atomic E-state index is 0.0275. The molecule has 0 unspecified atom stereocenters. The van der Waals surface area contributed by atoms with Gasteiger partial charge in [0.15, 0.2) is 0 Å². The van der Waals surface area contributed by atoms with Crippen LogP contribution >= 0.6 is 0 Å². The van der Waals surface area contributed by atoms with Gasteiger partial charge in [-0.15, -0.1) is 0 Å². The number of piperidine rings is 1. The van der Waals surface area contributed by atoms with Crippen LogP contribution in [0.15, 0.2) is 42.9 Å². The lowest BCUT2D eigenvalue weighted by Crippen LogP contribution is -2.47. The lowest BCUT2D eigenvalue weighted by atomic mass is 10.1. The van der Waals surface area contributed by atoms with Crippen molar-refractivity contribution in [2.45, 2.75) is 25.4 Å². The number of nitrogens with zero attached hydrogens (tertiary/aromatic N) is 4. The Morgan fingerprint density at radius 1 is 1.12 bits per heavy atom. The summed E-state index contributed by atoms with van der Waals surface area (Å²) < 4.78 is 5.73. The largest absolute Gasteiger partial charge is 0.460 e. The number of rotatable bonds is 5. The van der Waals surface area contributed by atoms with Gasteiger partial charge in [-0.3, -0.25) is 4.98 Å². The van der Waals surface area contributed by atoms with Crippen molar-refractivity contribution in [2.75, 3.05) is 19.6 Å². The summed E-state index contributed by atoms with van der Waals surface area (Å²) in [5.41, 5.74) is 0.979. The minimum atomic E-state index is -0.0275. The Hall–Kier alpha value is -2.70. The van der Waals surface area contributed by atoms with E-state index in [0.717, 1.165) is 25.0 Å². The molecule has 7 heteroatoms. The molecule has 3 rings (SSSR count). The number of likely N-dealkylation sites (tertiary alicyclic amines) is 1. The molecular weight excluding hydrogens is 306 g/mol. The second-order valence-corrected chi connectivity index (χ2v) is 5.64. The van der Waals surface area contributed by atoms with Gasteiger partial charge in [0, 0.05) is 63.2 Å². The second-order valence-electron chi connectivity index (χ2n) is 5.64. The van der Waals surface area contributed by atoms with Crippen molar-refractivity contribution >= 4 is 6.03 Å². The Morgan fingerprint density at radius 3 is 2.58 bits per heavy atom. The van der Waals surface area contributed by atoms with Gasteiger partial charge in [0.1, 0.15) is 6.10 Å². The molecule has 1 saturated heterocycles. The van der Waals surface area contributed by atoms with Crippen molar-refractivity contribution in [1.82, 2.24) is 25.2 Å². The minimum Gasteiger partial charge on any atom is -0.460 e. The number of urea groups is 1. The predicted molar refractivity (Wildman–Crippen MR) is 88.6 cm³/mol. The summed E-state index contributed by atoms with van der Waals surface area (Å²) in [5, 5.41) is 2.95. The van der Waals surface area contributed by atoms with E-state index in [1.807, 2.05) is 23.1 Å². The van der Waals surface area contributed by atoms with E-state index in [4.69, 9.17) is 4.74 Å². The molecule has 1 N–H and O–H groups in total. The van der Waals surface area contributed by atoms with Gasteiger partial charge in [-0.2, -0.15) is 0 Å². The van der Waals surface area contributed by atoms with Crippen molar-refractivity contribution < 1.29 is 9.53 Å². The lowest BCUT2D eigenvalue weighted by molar-refractivity contribution is 0.103. The first kappa shape index (κ1) is 16.2. The predicted octanol–water partition coefficient (Wildman–Crippen LogP) is 1.67. The van der Waals surface area contributed by atoms with Crippen LogP contribution in [0.5, 0.6) is 6.01 Å². The molecule has 0 spiro atoms. The molecule has 2 amide bonds. The molecule has 24 heavy (non-hydrogen) atoms. The number of ether oxygens (including phenoxy) is 1. The van der Waals surface area contributed by atoms with Gasteiger partial charge >= 0.3 is 12.0 Å². The standard InChI is InChI=1S/C17H21N5O2/c23-17(21-11-5-14-4-1-2-8-18-14)22-12-6-15(7-13-22)24-16-19-9-3-10-20-16/h1-4,8-10,15H,5-7,11-13H2,(H,21,23). The van der Waals surface area contributed by atoms with Crippen molar-refractivity contribution in [3.8, 4) is 6.01 Å². The highest BCUT2D eigenvalue weighted by Gasteiger charge is 2.24. The molecule has 1 aliphatic heterocycles. The zero-order valence-corrected chi connectivity index (χ0v) is 13.5. The normalized spacial score (nSPS) is 15.1. The van der Waals surface area contributed by atoms with Crippen LogP contribution in [0.25, 0.3) is 0 Å². The Morgan fingerprint density at radius 2 is 1.88 bits per heavy atom. The fourth-order valence-electron chi connectivity index (χ4n) is 2.63. The summed E-state index contributed by atoms with van der Waals surface area (Å²) in [6.07, 6.45) is 7.44. The van der Waals surface area contributed by atoms with E-state index < -0.39 is 0 Å². The molecule has 2 aromatic rings. The highest BCUT2D eigenvalue weighted by molar-refractivity contribution is 5.74. The average Bonchev–Trinajstić information content (AvgIpc) is 2.64. The van der Waals surface area contributed by atoms with E-state index in [1.54, 1.807) is 24.7 Å². The molecule has 3 heterocycles. The Kier molecular flexibility index (Phi) is 5.55. The molecule has 0 aliphatic carbocycles. The van der Waals surface area contributed by atoms with Crippen LogP contribution < -0.4 is 10.1 Å². The zero-order valence-electron chi connectivity index (χ0n) is 13.5. The first-order valence-corrected chi connectivity index (χ1v) is 8.17. The van der Waals surface area contributed by atoms with Crippen LogP contribution in [0.1, 0.15) is 18.5 Å². The highest BCUT2D eigenvalue weighted by atomic mass is 16.5. The van der Waals surface area contributed by atoms with Crippen LogP contribution in [0.3, 0.4) is 0 Å². The number of amides is 2. The maximum Gasteiger partial charge on any atom is 0.317 e. The maximum absolute atomic E-state index is 12.2. The Bertz CT molecular complexity index is 630. The summed E-state index contributed by atoms with van der Waals surface area (Å²) >= 11 is 0. The van der Waals surface area contributed by atoms with E-state index in [2.05, 4.69) is 20.3 Å². The van der Waals surface area contributed by atoms with Crippen molar-refractivity contribution in [2.24, 2.45) is 0 Å². The quantitative estimate of drug-likeness (QED) is 0.903. The number of pyridine rings is 1. The molecule has 0 aromatic carbocycles. The Labute approximate surface area is 141 Å². The number of carbonyl (C=O) groups is 1. The van der Waals surface area contributed by atoms with E-state index in [1.165, 1.54) is 0 Å². The number of carbonyl (C=O) groups excluding carboxylic acids is 1. The van der Waals surface area contributed by atoms with Gasteiger partial charge in [0.25, 0.3) is 0 Å². The van der Waals surface area contributed by atoms with Gasteiger partial charge < -0.3 is 15.0 Å². The third kappa shape index (κ3) is 4.65. The van der Waals surface area contributed by atoms with Gasteiger partial charge in [-0.25, -0.2) is 14.8 Å². The van der Waals surface area contributed by atoms with Crippen LogP contribution in [0.4, 0.5) is 4.79 Å². The number of nitrogens with one attached hydrogen (secondary N) is 1. The van der Waals surface area contributed by atoms with Crippen LogP contribution in [0, 0.1) is 0 Å². The summed E-state index contributed by atoms with van der Waals surface area (Å²) in [7, 11) is 0. The molecule has 0 atom stereocenters. The molecule has 1 aliphatic rings. The fraction of sp³-hybridized carbons (Fsp3) is 0.412. The van der Waals surface area contributed by atoms with E-state index in [-0.39, 0.29) is 12.1 Å². The topological polar surface area (TPSA) is 80.2 Å². The number of aromatic nitrogens is 3. The lowest BCUT2D eigenvalue weighted by Gasteiger charge is -2.31. The SMILES string of the molecule is O=C(NCCc1ccccn1)N1CCC(Oc2ncccn2)CC1. The third-order valence-electron chi connectivity index (χ3n) is 3.93. The van der Waals surface area contributed by atoms with Gasteiger partial charge in [-0.1, -0.05) is 6.07 Å². The summed E-state index contributed by atoms with van der Waals surface area (Å²) in [6, 6.07) is 7.92. The monoisotopic (exact) mass is 327 g/mol. The van der Waals surface area contributed by atoms with Gasteiger partial charge in [0.2, 0.25) is 0 Å². The summed E-state index contributed by atoms with van der Waals surface area (Å²) in [4.78, 5) is 26.4. The number of hydrogen-bond acceptors (Lipinski definition) is 5. The van der Waals surface area contributed by atoms with Gasteiger partial charge in [-0.05, 0) is 18.2 Å². The zero-order chi connectivity index (χ0) is 16.6. The van der Waals surface area contributed by atoms with Crippen LogP contribution in [0.2, 0.25) is 0 Å².